The second kappa shape index (κ2) is 12.5. The highest BCUT2D eigenvalue weighted by atomic mass is 32.2. The summed E-state index contributed by atoms with van der Waals surface area (Å²) in [6, 6.07) is 13.3. The first-order chi connectivity index (χ1) is 18.4. The number of Topliss-reactive ketones (excluding diaryl/α,β-unsaturated/α-hetero) is 1. The predicted molar refractivity (Wildman–Crippen MR) is 150 cm³/mol. The first kappa shape index (κ1) is 27.8. The zero-order chi connectivity index (χ0) is 27.2. The number of benzene rings is 2. The highest BCUT2D eigenvalue weighted by Crippen LogP contribution is 2.49. The number of nitrogens with zero attached hydrogens (tertiary/aromatic N) is 1. The number of rotatable bonds is 10. The van der Waals surface area contributed by atoms with E-state index < -0.39 is 11.8 Å². The molecular formula is C30H35NO6S. The maximum absolute atomic E-state index is 13.9. The minimum atomic E-state index is -0.696. The minimum Gasteiger partial charge on any atom is -0.496 e. The van der Waals surface area contributed by atoms with Crippen molar-refractivity contribution < 1.29 is 28.5 Å². The summed E-state index contributed by atoms with van der Waals surface area (Å²) < 4.78 is 22.2. The molecule has 8 heteroatoms. The molecule has 1 aliphatic heterocycles. The van der Waals surface area contributed by atoms with E-state index in [2.05, 4.69) is 6.92 Å². The normalized spacial score (nSPS) is 20.9. The molecule has 2 aromatic carbocycles. The van der Waals surface area contributed by atoms with Gasteiger partial charge in [-0.3, -0.25) is 14.6 Å². The van der Waals surface area contributed by atoms with Crippen LogP contribution in [0.15, 0.2) is 58.7 Å². The van der Waals surface area contributed by atoms with E-state index in [0.717, 1.165) is 28.3 Å². The quantitative estimate of drug-likeness (QED) is 0.289. The lowest BCUT2D eigenvalue weighted by molar-refractivity contribution is -0.145. The molecule has 0 radical (unpaired) electrons. The third-order valence-electron chi connectivity index (χ3n) is 7.17. The van der Waals surface area contributed by atoms with Crippen molar-refractivity contribution in [3.63, 3.8) is 0 Å². The van der Waals surface area contributed by atoms with E-state index in [4.69, 9.17) is 23.9 Å². The topological polar surface area (TPSA) is 83.4 Å². The van der Waals surface area contributed by atoms with E-state index in [1.807, 2.05) is 49.4 Å². The highest BCUT2D eigenvalue weighted by Gasteiger charge is 2.45. The molecule has 0 amide bonds. The molecule has 0 aromatic heterocycles. The van der Waals surface area contributed by atoms with Gasteiger partial charge in [-0.2, -0.15) is 11.8 Å². The average molecular weight is 538 g/mol. The molecule has 38 heavy (non-hydrogen) atoms. The number of carbonyl (C=O) groups is 2. The summed E-state index contributed by atoms with van der Waals surface area (Å²) in [5.41, 5.74) is 3.73. The molecule has 2 aromatic rings. The maximum atomic E-state index is 13.9. The number of ether oxygens (including phenoxy) is 4. The van der Waals surface area contributed by atoms with Crippen molar-refractivity contribution in [3.8, 4) is 17.2 Å². The van der Waals surface area contributed by atoms with E-state index in [0.29, 0.717) is 48.0 Å². The summed E-state index contributed by atoms with van der Waals surface area (Å²) in [4.78, 5) is 32.2. The molecule has 0 saturated carbocycles. The molecule has 0 fully saturated rings. The number of thioether (sulfide) groups is 1. The second-order valence-electron chi connectivity index (χ2n) is 9.32. The first-order valence-corrected chi connectivity index (χ1v) is 14.0. The van der Waals surface area contributed by atoms with Gasteiger partial charge in [-0.25, -0.2) is 0 Å². The number of methoxy groups -OCH3 is 3. The Balaban J connectivity index is 1.74. The summed E-state index contributed by atoms with van der Waals surface area (Å²) in [6.07, 6.45) is 0.887. The lowest BCUT2D eigenvalue weighted by Crippen LogP contribution is -2.38. The number of hydrogen-bond donors (Lipinski definition) is 0. The van der Waals surface area contributed by atoms with E-state index in [9.17, 15) is 9.59 Å². The zero-order valence-corrected chi connectivity index (χ0v) is 23.4. The van der Waals surface area contributed by atoms with Gasteiger partial charge in [-0.05, 0) is 48.8 Å². The van der Waals surface area contributed by atoms with Crippen molar-refractivity contribution in [2.45, 2.75) is 38.5 Å². The highest BCUT2D eigenvalue weighted by molar-refractivity contribution is 7.99. The van der Waals surface area contributed by atoms with Gasteiger partial charge in [0, 0.05) is 40.6 Å². The number of para-hydroxylation sites is 1. The van der Waals surface area contributed by atoms with Crippen LogP contribution in [-0.4, -0.2) is 56.9 Å². The molecule has 0 spiro atoms. The standard InChI is InChI=1S/C30H35NO6S/c1-6-38-14-13-37-30(33)27-18(2)31-22-15-20(19-11-12-25(35-4)26(17-19)36-5)16-23(32)29(22)28(27)21-9-7-8-10-24(21)34-3/h7-12,17,20,27-28H,6,13-16H2,1-5H3/t20-,27?,28-/m1/s1. The largest absolute Gasteiger partial charge is 0.496 e. The van der Waals surface area contributed by atoms with Gasteiger partial charge >= 0.3 is 5.97 Å². The molecule has 7 nitrogen and oxygen atoms in total. The van der Waals surface area contributed by atoms with Crippen LogP contribution in [0.1, 0.15) is 49.7 Å². The molecule has 202 valence electrons. The van der Waals surface area contributed by atoms with Crippen LogP contribution in [0.2, 0.25) is 0 Å². The van der Waals surface area contributed by atoms with Crippen LogP contribution >= 0.6 is 11.8 Å². The molecular weight excluding hydrogens is 502 g/mol. The minimum absolute atomic E-state index is 0.0162. The van der Waals surface area contributed by atoms with Crippen molar-refractivity contribution in [1.29, 1.82) is 0 Å². The van der Waals surface area contributed by atoms with E-state index in [-0.39, 0.29) is 17.7 Å². The van der Waals surface area contributed by atoms with Gasteiger partial charge < -0.3 is 18.9 Å². The van der Waals surface area contributed by atoms with Crippen molar-refractivity contribution in [3.05, 3.63) is 64.9 Å². The molecule has 1 heterocycles. The third-order valence-corrected chi connectivity index (χ3v) is 8.04. The Hall–Kier alpha value is -3.26. The summed E-state index contributed by atoms with van der Waals surface area (Å²) in [7, 11) is 4.80. The van der Waals surface area contributed by atoms with Crippen molar-refractivity contribution >= 4 is 29.2 Å². The fourth-order valence-corrected chi connectivity index (χ4v) is 5.89. The molecule has 1 aliphatic carbocycles. The van der Waals surface area contributed by atoms with Crippen LogP contribution in [0.25, 0.3) is 0 Å². The summed E-state index contributed by atoms with van der Waals surface area (Å²) in [6.45, 7) is 4.24. The van der Waals surface area contributed by atoms with Gasteiger partial charge in [0.2, 0.25) is 0 Å². The van der Waals surface area contributed by atoms with Gasteiger partial charge in [-0.1, -0.05) is 31.2 Å². The molecule has 0 saturated heterocycles. The Morgan fingerprint density at radius 1 is 1.00 bits per heavy atom. The summed E-state index contributed by atoms with van der Waals surface area (Å²) >= 11 is 1.71. The Kier molecular flexibility index (Phi) is 9.15. The van der Waals surface area contributed by atoms with Crippen LogP contribution in [0.3, 0.4) is 0 Å². The number of ketones is 1. The molecule has 0 bridgehead atoms. The van der Waals surface area contributed by atoms with Gasteiger partial charge in [0.05, 0.1) is 21.3 Å². The Morgan fingerprint density at radius 2 is 1.74 bits per heavy atom. The summed E-state index contributed by atoms with van der Waals surface area (Å²) in [5, 5.41) is 0. The molecule has 2 aliphatic rings. The zero-order valence-electron chi connectivity index (χ0n) is 22.6. The smallest absolute Gasteiger partial charge is 0.315 e. The lowest BCUT2D eigenvalue weighted by Gasteiger charge is -2.37. The molecule has 0 N–H and O–H groups in total. The molecule has 4 rings (SSSR count). The summed E-state index contributed by atoms with van der Waals surface area (Å²) in [5.74, 6) is 1.91. The van der Waals surface area contributed by atoms with E-state index in [1.54, 1.807) is 33.1 Å². The fourth-order valence-electron chi connectivity index (χ4n) is 5.40. The van der Waals surface area contributed by atoms with Crippen molar-refractivity contribution in [2.75, 3.05) is 39.4 Å². The third kappa shape index (κ3) is 5.60. The van der Waals surface area contributed by atoms with Crippen LogP contribution in [-0.2, 0) is 14.3 Å². The molecule has 1 unspecified atom stereocenters. The van der Waals surface area contributed by atoms with Gasteiger partial charge in [0.15, 0.2) is 17.3 Å². The number of hydrogen-bond acceptors (Lipinski definition) is 8. The number of aliphatic imine (C=N–C) groups is 1. The SMILES string of the molecule is CCSCCOC(=O)C1C(C)=NC2=C(C(=O)C[C@H](c3ccc(OC)c(OC)c3)C2)[C@@H]1c1ccccc1OC. The van der Waals surface area contributed by atoms with Crippen LogP contribution in [0, 0.1) is 5.92 Å². The number of allylic oxidation sites excluding steroid dienone is 2. The second-order valence-corrected chi connectivity index (χ2v) is 10.7. The first-order valence-electron chi connectivity index (χ1n) is 12.8. The number of esters is 1. The predicted octanol–water partition coefficient (Wildman–Crippen LogP) is 5.58. The van der Waals surface area contributed by atoms with Crippen LogP contribution < -0.4 is 14.2 Å². The monoisotopic (exact) mass is 537 g/mol. The van der Waals surface area contributed by atoms with E-state index >= 15 is 0 Å². The average Bonchev–Trinajstić information content (AvgIpc) is 2.93. The van der Waals surface area contributed by atoms with Crippen molar-refractivity contribution in [1.82, 2.24) is 0 Å². The number of carbonyl (C=O) groups excluding carboxylic acids is 2. The Morgan fingerprint density at radius 3 is 2.45 bits per heavy atom. The van der Waals surface area contributed by atoms with Gasteiger partial charge in [-0.15, -0.1) is 0 Å². The Labute approximate surface area is 228 Å². The van der Waals surface area contributed by atoms with Crippen LogP contribution in [0.5, 0.6) is 17.2 Å². The molecule has 3 atom stereocenters. The van der Waals surface area contributed by atoms with Gasteiger partial charge in [0.25, 0.3) is 0 Å². The van der Waals surface area contributed by atoms with E-state index in [1.165, 1.54) is 0 Å². The van der Waals surface area contributed by atoms with Gasteiger partial charge in [0.1, 0.15) is 18.3 Å². The maximum Gasteiger partial charge on any atom is 0.315 e. The lowest BCUT2D eigenvalue weighted by atomic mass is 9.69. The Bertz CT molecular complexity index is 1250. The van der Waals surface area contributed by atoms with Crippen molar-refractivity contribution in [2.24, 2.45) is 10.9 Å². The fraction of sp³-hybridized carbons (Fsp3) is 0.433. The van der Waals surface area contributed by atoms with Crippen LogP contribution in [0.4, 0.5) is 0 Å².